The van der Waals surface area contributed by atoms with E-state index in [2.05, 4.69) is 4.98 Å². The third-order valence-corrected chi connectivity index (χ3v) is 4.97. The maximum absolute atomic E-state index is 13.1. The van der Waals surface area contributed by atoms with Crippen molar-refractivity contribution in [3.8, 4) is 11.4 Å². The monoisotopic (exact) mass is 388 g/mol. The molecule has 0 bridgehead atoms. The molecule has 0 N–H and O–H groups in total. The molecule has 0 saturated heterocycles. The summed E-state index contributed by atoms with van der Waals surface area (Å²) in [7, 11) is 0. The van der Waals surface area contributed by atoms with Crippen molar-refractivity contribution in [1.29, 1.82) is 0 Å². The molecule has 4 rings (SSSR count). The molecule has 6 heteroatoms. The number of carbonyl (C=O) groups is 1. The first-order chi connectivity index (χ1) is 13.7. The number of nitrogens with zero attached hydrogens (tertiary/aromatic N) is 2. The SMILES string of the molecule is O=C(CSc1nc2ccccc2c(=O)n1-c1ccccc1)Oc1ccccc1. The Kier molecular flexibility index (Phi) is 5.21. The number of fused-ring (bicyclic) bond motifs is 1. The van der Waals surface area contributed by atoms with Crippen LogP contribution in [-0.4, -0.2) is 21.3 Å². The van der Waals surface area contributed by atoms with Gasteiger partial charge in [-0.05, 0) is 36.4 Å². The lowest BCUT2D eigenvalue weighted by Gasteiger charge is -2.13. The van der Waals surface area contributed by atoms with Crippen molar-refractivity contribution in [3.05, 3.63) is 95.3 Å². The first-order valence-corrected chi connectivity index (χ1v) is 9.67. The summed E-state index contributed by atoms with van der Waals surface area (Å²) in [5.74, 6) is 0.116. The van der Waals surface area contributed by atoms with Gasteiger partial charge in [0, 0.05) is 0 Å². The minimum Gasteiger partial charge on any atom is -0.426 e. The molecule has 0 radical (unpaired) electrons. The first kappa shape index (κ1) is 18.0. The Hall–Kier alpha value is -3.38. The normalized spacial score (nSPS) is 10.7. The Morgan fingerprint density at radius 2 is 1.54 bits per heavy atom. The third-order valence-electron chi connectivity index (χ3n) is 4.05. The third kappa shape index (κ3) is 3.82. The van der Waals surface area contributed by atoms with Crippen molar-refractivity contribution in [2.24, 2.45) is 0 Å². The summed E-state index contributed by atoms with van der Waals surface area (Å²) in [4.78, 5) is 29.9. The van der Waals surface area contributed by atoms with Crippen molar-refractivity contribution in [2.45, 2.75) is 5.16 Å². The molecule has 0 aliphatic heterocycles. The molecule has 28 heavy (non-hydrogen) atoms. The van der Waals surface area contributed by atoms with Gasteiger partial charge in [-0.2, -0.15) is 0 Å². The molecule has 5 nitrogen and oxygen atoms in total. The Labute approximate surface area is 165 Å². The second kappa shape index (κ2) is 8.10. The maximum atomic E-state index is 13.1. The predicted octanol–water partition coefficient (Wildman–Crippen LogP) is 4.08. The number of ether oxygens (including phenoxy) is 1. The zero-order chi connectivity index (χ0) is 19.3. The minimum absolute atomic E-state index is 0.0342. The topological polar surface area (TPSA) is 61.2 Å². The number of hydrogen-bond acceptors (Lipinski definition) is 5. The predicted molar refractivity (Wildman–Crippen MR) is 110 cm³/mol. The van der Waals surface area contributed by atoms with Crippen LogP contribution in [0.5, 0.6) is 5.75 Å². The molecule has 0 amide bonds. The summed E-state index contributed by atoms with van der Waals surface area (Å²) in [6, 6.07) is 25.3. The van der Waals surface area contributed by atoms with Gasteiger partial charge in [-0.25, -0.2) is 4.98 Å². The summed E-state index contributed by atoms with van der Waals surface area (Å²) in [6.45, 7) is 0. The summed E-state index contributed by atoms with van der Waals surface area (Å²) < 4.78 is 6.86. The fourth-order valence-corrected chi connectivity index (χ4v) is 3.57. The van der Waals surface area contributed by atoms with E-state index >= 15 is 0 Å². The minimum atomic E-state index is -0.404. The van der Waals surface area contributed by atoms with E-state index in [0.29, 0.717) is 27.5 Å². The van der Waals surface area contributed by atoms with Crippen LogP contribution in [-0.2, 0) is 4.79 Å². The molecule has 0 aliphatic carbocycles. The molecular formula is C22H16N2O3S. The van der Waals surface area contributed by atoms with Crippen LogP contribution in [0.3, 0.4) is 0 Å². The molecule has 4 aromatic rings. The standard InChI is InChI=1S/C22H16N2O3S/c25-20(27-17-11-5-2-6-12-17)15-28-22-23-19-14-8-7-13-18(19)21(26)24(22)16-9-3-1-4-10-16/h1-14H,15H2. The van der Waals surface area contributed by atoms with Crippen LogP contribution in [0.1, 0.15) is 0 Å². The van der Waals surface area contributed by atoms with Crippen LogP contribution in [0.2, 0.25) is 0 Å². The molecule has 0 unspecified atom stereocenters. The van der Waals surface area contributed by atoms with Gasteiger partial charge in [0.1, 0.15) is 5.75 Å². The highest BCUT2D eigenvalue weighted by Crippen LogP contribution is 2.22. The number of aromatic nitrogens is 2. The van der Waals surface area contributed by atoms with Gasteiger partial charge in [-0.15, -0.1) is 0 Å². The number of benzene rings is 3. The Morgan fingerprint density at radius 1 is 0.893 bits per heavy atom. The Morgan fingerprint density at radius 3 is 2.29 bits per heavy atom. The number of hydrogen-bond donors (Lipinski definition) is 0. The quantitative estimate of drug-likeness (QED) is 0.223. The lowest BCUT2D eigenvalue weighted by molar-refractivity contribution is -0.131. The van der Waals surface area contributed by atoms with E-state index in [1.807, 2.05) is 48.5 Å². The van der Waals surface area contributed by atoms with E-state index < -0.39 is 5.97 Å². The van der Waals surface area contributed by atoms with Crippen molar-refractivity contribution >= 4 is 28.6 Å². The fourth-order valence-electron chi connectivity index (χ4n) is 2.79. The summed E-state index contributed by atoms with van der Waals surface area (Å²) in [6.07, 6.45) is 0. The second-order valence-corrected chi connectivity index (χ2v) is 6.91. The van der Waals surface area contributed by atoms with Crippen molar-refractivity contribution in [1.82, 2.24) is 9.55 Å². The zero-order valence-corrected chi connectivity index (χ0v) is 15.6. The maximum Gasteiger partial charge on any atom is 0.321 e. The largest absolute Gasteiger partial charge is 0.426 e. The average molecular weight is 388 g/mol. The van der Waals surface area contributed by atoms with Crippen LogP contribution in [0.25, 0.3) is 16.6 Å². The molecule has 1 aromatic heterocycles. The number of thioether (sulfide) groups is 1. The molecule has 0 spiro atoms. The van der Waals surface area contributed by atoms with E-state index in [1.54, 1.807) is 36.4 Å². The van der Waals surface area contributed by atoms with Gasteiger partial charge >= 0.3 is 5.97 Å². The molecule has 3 aromatic carbocycles. The van der Waals surface area contributed by atoms with Crippen LogP contribution in [0.4, 0.5) is 0 Å². The summed E-state index contributed by atoms with van der Waals surface area (Å²) in [5.41, 5.74) is 1.12. The van der Waals surface area contributed by atoms with Crippen LogP contribution >= 0.6 is 11.8 Å². The molecule has 138 valence electrons. The van der Waals surface area contributed by atoms with Gasteiger partial charge in [-0.3, -0.25) is 14.2 Å². The van der Waals surface area contributed by atoms with E-state index in [1.165, 1.54) is 16.3 Å². The van der Waals surface area contributed by atoms with E-state index in [-0.39, 0.29) is 11.3 Å². The zero-order valence-electron chi connectivity index (χ0n) is 14.8. The molecule has 0 fully saturated rings. The molecular weight excluding hydrogens is 372 g/mol. The van der Waals surface area contributed by atoms with Crippen LogP contribution in [0, 0.1) is 0 Å². The smallest absolute Gasteiger partial charge is 0.321 e. The Bertz CT molecular complexity index is 1170. The van der Waals surface area contributed by atoms with Crippen LogP contribution in [0.15, 0.2) is 94.9 Å². The Balaban J connectivity index is 1.67. The number of para-hydroxylation sites is 3. The lowest BCUT2D eigenvalue weighted by atomic mass is 10.2. The van der Waals surface area contributed by atoms with E-state index in [0.717, 1.165) is 0 Å². The van der Waals surface area contributed by atoms with E-state index in [4.69, 9.17) is 4.74 Å². The summed E-state index contributed by atoms with van der Waals surface area (Å²) in [5, 5.41) is 0.975. The second-order valence-electron chi connectivity index (χ2n) is 5.96. The van der Waals surface area contributed by atoms with Gasteiger partial charge in [0.2, 0.25) is 0 Å². The number of esters is 1. The van der Waals surface area contributed by atoms with Gasteiger partial charge in [0.15, 0.2) is 5.16 Å². The molecule has 0 atom stereocenters. The molecule has 1 heterocycles. The first-order valence-electron chi connectivity index (χ1n) is 8.68. The summed E-state index contributed by atoms with van der Waals surface area (Å²) >= 11 is 1.18. The highest BCUT2D eigenvalue weighted by atomic mass is 32.2. The average Bonchev–Trinajstić information content (AvgIpc) is 2.74. The van der Waals surface area contributed by atoms with Gasteiger partial charge in [0.25, 0.3) is 5.56 Å². The van der Waals surface area contributed by atoms with Crippen molar-refractivity contribution in [2.75, 3.05) is 5.75 Å². The van der Waals surface area contributed by atoms with Crippen molar-refractivity contribution in [3.63, 3.8) is 0 Å². The van der Waals surface area contributed by atoms with Crippen LogP contribution < -0.4 is 10.3 Å². The van der Waals surface area contributed by atoms with Crippen molar-refractivity contribution < 1.29 is 9.53 Å². The van der Waals surface area contributed by atoms with Gasteiger partial charge in [-0.1, -0.05) is 60.3 Å². The van der Waals surface area contributed by atoms with E-state index in [9.17, 15) is 9.59 Å². The molecule has 0 saturated carbocycles. The molecule has 0 aliphatic rings. The van der Waals surface area contributed by atoms with Gasteiger partial charge in [0.05, 0.1) is 22.3 Å². The lowest BCUT2D eigenvalue weighted by Crippen LogP contribution is -2.22. The highest BCUT2D eigenvalue weighted by Gasteiger charge is 2.15. The highest BCUT2D eigenvalue weighted by molar-refractivity contribution is 7.99. The van der Waals surface area contributed by atoms with Gasteiger partial charge < -0.3 is 4.74 Å². The number of carbonyl (C=O) groups excluding carboxylic acids is 1. The number of rotatable bonds is 5. The fraction of sp³-hybridized carbons (Fsp3) is 0.0455.